The van der Waals surface area contributed by atoms with Crippen molar-refractivity contribution in [3.63, 3.8) is 0 Å². The molecule has 0 spiro atoms. The van der Waals surface area contributed by atoms with Crippen LogP contribution in [-0.2, 0) is 17.6 Å². The molecule has 274 valence electrons. The zero-order valence-corrected chi connectivity index (χ0v) is 30.2. The molecular weight excluding hydrogens is 643 g/mol. The van der Waals surface area contributed by atoms with Crippen molar-refractivity contribution >= 4 is 11.7 Å². The lowest BCUT2D eigenvalue weighted by Crippen LogP contribution is -2.24. The van der Waals surface area contributed by atoms with Crippen LogP contribution in [0.2, 0.25) is 0 Å². The van der Waals surface area contributed by atoms with Crippen LogP contribution in [0.25, 0.3) is 0 Å². The lowest BCUT2D eigenvalue weighted by molar-refractivity contribution is -0.153. The standard InChI is InChI=1S/C22H25N3O2.C13H17F3O2.C5H12/c1-16(24)12-17-13-19-8-10-25(21(19)20(14-17)15-23)9-5-11-27-22(26)18-6-3-2-4-7-18;1-3-10(2)8-17-11-6-4-5-7-12(11)18-9-13(14,15)16;1-3-5-4-2/h2-4,6-7,13-14,16H,5,8-12,24H2,1H3;4-7,10H,3,8-9H2,1-2H3;3-5H2,1-2H3. The second-order valence-electron chi connectivity index (χ2n) is 12.6. The number of para-hydroxylation sites is 2. The molecule has 2 N–H and O–H groups in total. The van der Waals surface area contributed by atoms with Gasteiger partial charge in [0.15, 0.2) is 18.1 Å². The first-order chi connectivity index (χ1) is 23.9. The summed E-state index contributed by atoms with van der Waals surface area (Å²) in [7, 11) is 0. The molecule has 1 aliphatic heterocycles. The number of ether oxygens (including phenoxy) is 3. The van der Waals surface area contributed by atoms with Gasteiger partial charge in [-0.3, -0.25) is 0 Å². The maximum absolute atomic E-state index is 12.1. The predicted octanol–water partition coefficient (Wildman–Crippen LogP) is 9.31. The maximum Gasteiger partial charge on any atom is 0.422 e. The molecule has 3 aromatic carbocycles. The highest BCUT2D eigenvalue weighted by atomic mass is 19.4. The van der Waals surface area contributed by atoms with E-state index in [2.05, 4.69) is 30.9 Å². The Bertz CT molecular complexity index is 1460. The van der Waals surface area contributed by atoms with E-state index in [0.29, 0.717) is 36.0 Å². The van der Waals surface area contributed by atoms with Gasteiger partial charge in [0, 0.05) is 19.1 Å². The Balaban J connectivity index is 0.000000325. The minimum absolute atomic E-state index is 0.0754. The smallest absolute Gasteiger partial charge is 0.422 e. The van der Waals surface area contributed by atoms with Crippen molar-refractivity contribution in [3.8, 4) is 17.6 Å². The summed E-state index contributed by atoms with van der Waals surface area (Å²) in [5.41, 5.74) is 10.5. The van der Waals surface area contributed by atoms with Crippen molar-refractivity contribution in [1.29, 1.82) is 5.26 Å². The molecule has 0 aliphatic carbocycles. The Hall–Kier alpha value is -4.23. The zero-order chi connectivity index (χ0) is 36.9. The van der Waals surface area contributed by atoms with Crippen LogP contribution in [0, 0.1) is 17.2 Å². The van der Waals surface area contributed by atoms with Crippen molar-refractivity contribution in [1.82, 2.24) is 0 Å². The molecule has 0 aromatic heterocycles. The third-order valence-electron chi connectivity index (χ3n) is 7.88. The maximum atomic E-state index is 12.1. The number of nitriles is 1. The van der Waals surface area contributed by atoms with E-state index in [1.54, 1.807) is 30.3 Å². The Morgan fingerprint density at radius 2 is 1.60 bits per heavy atom. The van der Waals surface area contributed by atoms with Gasteiger partial charge in [0.1, 0.15) is 6.07 Å². The van der Waals surface area contributed by atoms with Crippen molar-refractivity contribution in [3.05, 3.63) is 89.0 Å². The molecule has 3 aromatic rings. The van der Waals surface area contributed by atoms with Crippen LogP contribution in [0.4, 0.5) is 18.9 Å². The summed E-state index contributed by atoms with van der Waals surface area (Å²) in [6, 6.07) is 21.9. The molecule has 0 fully saturated rings. The van der Waals surface area contributed by atoms with E-state index in [-0.39, 0.29) is 17.8 Å². The van der Waals surface area contributed by atoms with E-state index in [1.807, 2.05) is 45.0 Å². The summed E-state index contributed by atoms with van der Waals surface area (Å²) in [4.78, 5) is 14.2. The summed E-state index contributed by atoms with van der Waals surface area (Å²) in [5.74, 6) is 0.525. The van der Waals surface area contributed by atoms with Gasteiger partial charge in [0.2, 0.25) is 0 Å². The highest BCUT2D eigenvalue weighted by Gasteiger charge is 2.29. The Morgan fingerprint density at radius 1 is 0.960 bits per heavy atom. The van der Waals surface area contributed by atoms with Gasteiger partial charge in [-0.1, -0.05) is 89.8 Å². The average molecular weight is 698 g/mol. The molecule has 0 bridgehead atoms. The number of carbonyl (C=O) groups is 1. The summed E-state index contributed by atoms with van der Waals surface area (Å²) >= 11 is 0. The molecule has 0 amide bonds. The topological polar surface area (TPSA) is 97.8 Å². The SMILES string of the molecule is CC(N)Cc1cc(C#N)c2c(c1)CCN2CCCOC(=O)c1ccccc1.CCC(C)COc1ccccc1OCC(F)(F)F.CCCCC. The molecular formula is C40H54F3N3O4. The van der Waals surface area contributed by atoms with E-state index >= 15 is 0 Å². The van der Waals surface area contributed by atoms with Gasteiger partial charge in [-0.25, -0.2) is 4.79 Å². The number of nitrogens with zero attached hydrogens (tertiary/aromatic N) is 2. The van der Waals surface area contributed by atoms with E-state index in [1.165, 1.54) is 30.9 Å². The largest absolute Gasteiger partial charge is 0.489 e. The van der Waals surface area contributed by atoms with Gasteiger partial charge in [-0.15, -0.1) is 0 Å². The first-order valence-corrected chi connectivity index (χ1v) is 17.6. The summed E-state index contributed by atoms with van der Waals surface area (Å²) < 4.78 is 51.8. The number of halogens is 3. The van der Waals surface area contributed by atoms with Gasteiger partial charge in [0.05, 0.1) is 30.0 Å². The van der Waals surface area contributed by atoms with Crippen LogP contribution in [0.3, 0.4) is 0 Å². The molecule has 10 heteroatoms. The van der Waals surface area contributed by atoms with Crippen LogP contribution in [0.15, 0.2) is 66.7 Å². The number of hydrogen-bond donors (Lipinski definition) is 1. The molecule has 0 saturated carbocycles. The van der Waals surface area contributed by atoms with Crippen LogP contribution in [-0.4, -0.2) is 51.1 Å². The normalized spacial score (nSPS) is 13.0. The van der Waals surface area contributed by atoms with Crippen LogP contribution >= 0.6 is 0 Å². The number of anilines is 1. The van der Waals surface area contributed by atoms with E-state index in [0.717, 1.165) is 50.0 Å². The number of carbonyl (C=O) groups excluding carboxylic acids is 1. The summed E-state index contributed by atoms with van der Waals surface area (Å²) in [6.07, 6.45) is 3.12. The Labute approximate surface area is 296 Å². The monoisotopic (exact) mass is 697 g/mol. The van der Waals surface area contributed by atoms with Gasteiger partial charge in [-0.2, -0.15) is 18.4 Å². The lowest BCUT2D eigenvalue weighted by atomic mass is 9.99. The first-order valence-electron chi connectivity index (χ1n) is 17.6. The Morgan fingerprint density at radius 3 is 2.16 bits per heavy atom. The van der Waals surface area contributed by atoms with E-state index in [4.69, 9.17) is 19.9 Å². The fourth-order valence-electron chi connectivity index (χ4n) is 5.12. The average Bonchev–Trinajstić information content (AvgIpc) is 3.51. The van der Waals surface area contributed by atoms with E-state index in [9.17, 15) is 23.2 Å². The van der Waals surface area contributed by atoms with Gasteiger partial charge in [-0.05, 0) is 73.6 Å². The molecule has 1 aliphatic rings. The number of alkyl halides is 3. The quantitative estimate of drug-likeness (QED) is 0.125. The number of unbranched alkanes of at least 4 members (excludes halogenated alkanes) is 2. The highest BCUT2D eigenvalue weighted by Crippen LogP contribution is 2.33. The number of hydrogen-bond acceptors (Lipinski definition) is 7. The van der Waals surface area contributed by atoms with Crippen LogP contribution in [0.1, 0.15) is 93.8 Å². The highest BCUT2D eigenvalue weighted by molar-refractivity contribution is 5.89. The van der Waals surface area contributed by atoms with E-state index < -0.39 is 12.8 Å². The number of nitrogens with two attached hydrogens (primary N) is 1. The molecule has 2 atom stereocenters. The van der Waals surface area contributed by atoms with Crippen molar-refractivity contribution in [2.24, 2.45) is 11.7 Å². The van der Waals surface area contributed by atoms with Crippen molar-refractivity contribution in [2.75, 3.05) is 37.8 Å². The van der Waals surface area contributed by atoms with Crippen LogP contribution < -0.4 is 20.1 Å². The molecule has 0 radical (unpaired) electrons. The summed E-state index contributed by atoms with van der Waals surface area (Å²) in [6.45, 7) is 11.6. The fraction of sp³-hybridized carbons (Fsp3) is 0.500. The lowest BCUT2D eigenvalue weighted by Gasteiger charge is -2.21. The molecule has 2 unspecified atom stereocenters. The zero-order valence-electron chi connectivity index (χ0n) is 30.2. The number of rotatable bonds is 15. The molecule has 50 heavy (non-hydrogen) atoms. The summed E-state index contributed by atoms with van der Waals surface area (Å²) in [5, 5.41) is 9.57. The first kappa shape index (κ1) is 41.9. The molecule has 7 nitrogen and oxygen atoms in total. The molecule has 4 rings (SSSR count). The Kier molecular flexibility index (Phi) is 18.9. The minimum atomic E-state index is -4.34. The number of benzene rings is 3. The predicted molar refractivity (Wildman–Crippen MR) is 194 cm³/mol. The van der Waals surface area contributed by atoms with Crippen molar-refractivity contribution in [2.45, 2.75) is 91.8 Å². The third-order valence-corrected chi connectivity index (χ3v) is 7.88. The number of fused-ring (bicyclic) bond motifs is 1. The van der Waals surface area contributed by atoms with Gasteiger partial charge < -0.3 is 24.8 Å². The molecule has 0 saturated heterocycles. The van der Waals surface area contributed by atoms with Crippen molar-refractivity contribution < 1.29 is 32.2 Å². The van der Waals surface area contributed by atoms with Crippen LogP contribution in [0.5, 0.6) is 11.5 Å². The molecule has 1 heterocycles. The minimum Gasteiger partial charge on any atom is -0.489 e. The van der Waals surface area contributed by atoms with Gasteiger partial charge >= 0.3 is 12.1 Å². The fourth-order valence-corrected chi connectivity index (χ4v) is 5.12. The number of esters is 1. The second kappa shape index (κ2) is 22.5. The van der Waals surface area contributed by atoms with Gasteiger partial charge in [0.25, 0.3) is 0 Å². The second-order valence-corrected chi connectivity index (χ2v) is 12.6. The third kappa shape index (κ3) is 15.5.